The molecule has 1 N–H and O–H groups in total. The first-order chi connectivity index (χ1) is 4.04. The summed E-state index contributed by atoms with van der Waals surface area (Å²) < 4.78 is 0. The summed E-state index contributed by atoms with van der Waals surface area (Å²) in [6.07, 6.45) is 0. The second-order valence-corrected chi connectivity index (χ2v) is 2.59. The Morgan fingerprint density at radius 3 is 2.00 bits per heavy atom. The SMILES string of the molecule is C=C(C)C(=O)C[NH+](C)C.[Cl-]. The third kappa shape index (κ3) is 5.79. The Balaban J connectivity index is 0. The zero-order valence-corrected chi connectivity index (χ0v) is 7.46. The van der Waals surface area contributed by atoms with E-state index in [1.807, 2.05) is 14.1 Å². The highest BCUT2D eigenvalue weighted by atomic mass is 35.5. The normalized spacial score (nSPS) is 8.80. The molecule has 0 radical (unpaired) electrons. The zero-order valence-electron chi connectivity index (χ0n) is 6.70. The van der Waals surface area contributed by atoms with Gasteiger partial charge < -0.3 is 17.3 Å². The average Bonchev–Trinajstić information content (AvgIpc) is 1.63. The number of rotatable bonds is 3. The van der Waals surface area contributed by atoms with Crippen molar-refractivity contribution in [1.29, 1.82) is 0 Å². The van der Waals surface area contributed by atoms with Crippen LogP contribution in [0.25, 0.3) is 0 Å². The highest BCUT2D eigenvalue weighted by molar-refractivity contribution is 5.94. The van der Waals surface area contributed by atoms with Crippen molar-refractivity contribution in [2.24, 2.45) is 0 Å². The molecule has 0 heterocycles. The van der Waals surface area contributed by atoms with E-state index in [9.17, 15) is 4.79 Å². The first-order valence-electron chi connectivity index (χ1n) is 3.01. The summed E-state index contributed by atoms with van der Waals surface area (Å²) in [5.74, 6) is 0.148. The summed E-state index contributed by atoms with van der Waals surface area (Å²) in [5.41, 5.74) is 0.649. The molecule has 0 aliphatic heterocycles. The van der Waals surface area contributed by atoms with Gasteiger partial charge in [0.25, 0.3) is 0 Å². The Labute approximate surface area is 68.3 Å². The van der Waals surface area contributed by atoms with Gasteiger partial charge in [-0.2, -0.15) is 0 Å². The molecule has 0 spiro atoms. The van der Waals surface area contributed by atoms with E-state index >= 15 is 0 Å². The van der Waals surface area contributed by atoms with Crippen molar-refractivity contribution in [1.82, 2.24) is 0 Å². The molecule has 0 unspecified atom stereocenters. The molecule has 60 valence electrons. The Kier molecular flexibility index (Phi) is 6.72. The van der Waals surface area contributed by atoms with Crippen molar-refractivity contribution in [2.75, 3.05) is 20.6 Å². The van der Waals surface area contributed by atoms with Crippen LogP contribution in [-0.2, 0) is 4.79 Å². The fourth-order valence-corrected chi connectivity index (χ4v) is 0.472. The summed E-state index contributed by atoms with van der Waals surface area (Å²) in [5, 5.41) is 0. The number of halogens is 1. The Morgan fingerprint density at radius 2 is 1.90 bits per heavy atom. The van der Waals surface area contributed by atoms with Gasteiger partial charge in [-0.05, 0) is 12.5 Å². The Hall–Kier alpha value is -0.340. The second kappa shape index (κ2) is 5.45. The summed E-state index contributed by atoms with van der Waals surface area (Å²) in [6, 6.07) is 0. The van der Waals surface area contributed by atoms with Crippen molar-refractivity contribution < 1.29 is 22.1 Å². The van der Waals surface area contributed by atoms with Crippen molar-refractivity contribution >= 4 is 5.78 Å². The molecule has 0 fully saturated rings. The van der Waals surface area contributed by atoms with Crippen LogP contribution in [0.2, 0.25) is 0 Å². The molecular formula is C7H14ClNO. The summed E-state index contributed by atoms with van der Waals surface area (Å²) in [6.45, 7) is 5.84. The molecule has 0 aliphatic rings. The lowest BCUT2D eigenvalue weighted by molar-refractivity contribution is -0.849. The van der Waals surface area contributed by atoms with Crippen LogP contribution in [0.5, 0.6) is 0 Å². The lowest BCUT2D eigenvalue weighted by Crippen LogP contribution is -3.06. The van der Waals surface area contributed by atoms with Gasteiger partial charge in [-0.15, -0.1) is 0 Å². The smallest absolute Gasteiger partial charge is 0.211 e. The summed E-state index contributed by atoms with van der Waals surface area (Å²) in [7, 11) is 3.89. The number of likely N-dealkylation sites (N-methyl/N-ethyl adjacent to an activating group) is 1. The fourth-order valence-electron chi connectivity index (χ4n) is 0.472. The van der Waals surface area contributed by atoms with Gasteiger partial charge in [-0.25, -0.2) is 0 Å². The van der Waals surface area contributed by atoms with Crippen LogP contribution in [0.15, 0.2) is 12.2 Å². The third-order valence-electron chi connectivity index (χ3n) is 0.990. The van der Waals surface area contributed by atoms with E-state index in [4.69, 9.17) is 0 Å². The summed E-state index contributed by atoms with van der Waals surface area (Å²) >= 11 is 0. The number of carbonyl (C=O) groups is 1. The van der Waals surface area contributed by atoms with Crippen molar-refractivity contribution in [3.63, 3.8) is 0 Å². The van der Waals surface area contributed by atoms with Crippen LogP contribution in [-0.4, -0.2) is 26.4 Å². The van der Waals surface area contributed by atoms with Crippen molar-refractivity contribution in [3.8, 4) is 0 Å². The van der Waals surface area contributed by atoms with Crippen molar-refractivity contribution in [2.45, 2.75) is 6.92 Å². The van der Waals surface area contributed by atoms with E-state index in [0.29, 0.717) is 12.1 Å². The first kappa shape index (κ1) is 12.3. The fraction of sp³-hybridized carbons (Fsp3) is 0.571. The van der Waals surface area contributed by atoms with E-state index in [0.717, 1.165) is 4.90 Å². The second-order valence-electron chi connectivity index (χ2n) is 2.59. The quantitative estimate of drug-likeness (QED) is 0.425. The van der Waals surface area contributed by atoms with Crippen LogP contribution in [0.4, 0.5) is 0 Å². The highest BCUT2D eigenvalue weighted by Gasteiger charge is 2.04. The van der Waals surface area contributed by atoms with Gasteiger partial charge >= 0.3 is 0 Å². The molecule has 2 nitrogen and oxygen atoms in total. The molecular weight excluding hydrogens is 150 g/mol. The van der Waals surface area contributed by atoms with E-state index in [2.05, 4.69) is 6.58 Å². The average molecular weight is 164 g/mol. The number of hydrogen-bond donors (Lipinski definition) is 1. The Morgan fingerprint density at radius 1 is 1.50 bits per heavy atom. The van der Waals surface area contributed by atoms with Crippen LogP contribution >= 0.6 is 0 Å². The standard InChI is InChI=1S/C7H13NO.ClH/c1-6(2)7(9)5-8(3)4;/h1,5H2,2-4H3;1H. The van der Waals surface area contributed by atoms with Gasteiger partial charge in [-0.3, -0.25) is 4.79 Å². The highest BCUT2D eigenvalue weighted by Crippen LogP contribution is 1.84. The van der Waals surface area contributed by atoms with Crippen LogP contribution in [0.3, 0.4) is 0 Å². The molecule has 0 saturated carbocycles. The maximum absolute atomic E-state index is 10.8. The van der Waals surface area contributed by atoms with Crippen LogP contribution in [0.1, 0.15) is 6.92 Å². The Bertz CT molecular complexity index is 132. The minimum Gasteiger partial charge on any atom is -1.00 e. The molecule has 0 aromatic heterocycles. The lowest BCUT2D eigenvalue weighted by Gasteiger charge is -2.04. The molecule has 3 heteroatoms. The molecule has 0 amide bonds. The molecule has 10 heavy (non-hydrogen) atoms. The lowest BCUT2D eigenvalue weighted by atomic mass is 10.2. The van der Waals surface area contributed by atoms with Gasteiger partial charge in [0.15, 0.2) is 0 Å². The third-order valence-corrected chi connectivity index (χ3v) is 0.990. The van der Waals surface area contributed by atoms with Crippen molar-refractivity contribution in [3.05, 3.63) is 12.2 Å². The first-order valence-corrected chi connectivity index (χ1v) is 3.01. The topological polar surface area (TPSA) is 21.5 Å². The maximum atomic E-state index is 10.8. The predicted molar refractivity (Wildman–Crippen MR) is 37.5 cm³/mol. The van der Waals surface area contributed by atoms with Gasteiger partial charge in [-0.1, -0.05) is 6.58 Å². The number of Topliss-reactive ketones (excluding diaryl/α,β-unsaturated/α-hetero) is 1. The van der Waals surface area contributed by atoms with E-state index in [1.54, 1.807) is 6.92 Å². The molecule has 0 atom stereocenters. The van der Waals surface area contributed by atoms with Crippen LogP contribution in [0, 0.1) is 0 Å². The number of nitrogens with one attached hydrogen (secondary N) is 1. The van der Waals surface area contributed by atoms with Gasteiger partial charge in [0.2, 0.25) is 5.78 Å². The minimum atomic E-state index is 0. The monoisotopic (exact) mass is 163 g/mol. The molecule has 0 aliphatic carbocycles. The molecule has 0 saturated heterocycles. The summed E-state index contributed by atoms with van der Waals surface area (Å²) in [4.78, 5) is 12.0. The number of carbonyl (C=O) groups excluding carboxylic acids is 1. The largest absolute Gasteiger partial charge is 1.00 e. The van der Waals surface area contributed by atoms with E-state index < -0.39 is 0 Å². The zero-order chi connectivity index (χ0) is 7.44. The molecule has 0 aromatic carbocycles. The number of quaternary nitrogens is 1. The molecule has 0 bridgehead atoms. The van der Waals surface area contributed by atoms with Gasteiger partial charge in [0.1, 0.15) is 6.54 Å². The van der Waals surface area contributed by atoms with E-state index in [-0.39, 0.29) is 18.2 Å². The van der Waals surface area contributed by atoms with Gasteiger partial charge in [0.05, 0.1) is 14.1 Å². The van der Waals surface area contributed by atoms with Gasteiger partial charge in [0, 0.05) is 0 Å². The minimum absolute atomic E-state index is 0. The van der Waals surface area contributed by atoms with Crippen LogP contribution < -0.4 is 17.3 Å². The number of hydrogen-bond acceptors (Lipinski definition) is 1. The molecule has 0 aromatic rings. The maximum Gasteiger partial charge on any atom is 0.211 e. The number of ketones is 1. The molecule has 0 rings (SSSR count). The predicted octanol–water partition coefficient (Wildman–Crippen LogP) is -3.72. The van der Waals surface area contributed by atoms with E-state index in [1.165, 1.54) is 0 Å².